The normalized spacial score (nSPS) is 17.9. The first kappa shape index (κ1) is 12.6. The molecular formula is C13H19NO2S. The van der Waals surface area contributed by atoms with E-state index in [0.29, 0.717) is 13.1 Å². The molecule has 4 heteroatoms. The van der Waals surface area contributed by atoms with Crippen LogP contribution in [0.5, 0.6) is 0 Å². The number of nitrogens with zero attached hydrogens (tertiary/aromatic N) is 1. The van der Waals surface area contributed by atoms with Crippen molar-refractivity contribution >= 4 is 17.2 Å². The maximum absolute atomic E-state index is 12.1. The number of β-amino-alcohol motifs (C(OH)–C–C–N with tert-alkyl or cyclic N) is 1. The first-order chi connectivity index (χ1) is 8.08. The van der Waals surface area contributed by atoms with Crippen molar-refractivity contribution in [3.05, 3.63) is 21.9 Å². The Morgan fingerprint density at radius 1 is 1.47 bits per heavy atom. The maximum atomic E-state index is 12.1. The lowest BCUT2D eigenvalue weighted by Gasteiger charge is -2.46. The van der Waals surface area contributed by atoms with Crippen LogP contribution in [0.3, 0.4) is 0 Å². The number of rotatable bonds is 4. The summed E-state index contributed by atoms with van der Waals surface area (Å²) in [5.74, 6) is 0.0653. The maximum Gasteiger partial charge on any atom is 0.264 e. The summed E-state index contributed by atoms with van der Waals surface area (Å²) in [4.78, 5) is 15.8. The zero-order valence-electron chi connectivity index (χ0n) is 10.4. The number of amides is 1. The van der Waals surface area contributed by atoms with E-state index in [1.54, 1.807) is 16.2 Å². The van der Waals surface area contributed by atoms with Gasteiger partial charge in [0.25, 0.3) is 5.91 Å². The van der Waals surface area contributed by atoms with Crippen LogP contribution in [0.2, 0.25) is 0 Å². The van der Waals surface area contributed by atoms with Crippen molar-refractivity contribution in [2.24, 2.45) is 0 Å². The third kappa shape index (κ3) is 2.53. The summed E-state index contributed by atoms with van der Waals surface area (Å²) in [6.45, 7) is 5.11. The number of thiophene rings is 1. The molecule has 1 aromatic heterocycles. The van der Waals surface area contributed by atoms with Gasteiger partial charge >= 0.3 is 0 Å². The third-order valence-corrected chi connectivity index (χ3v) is 4.41. The van der Waals surface area contributed by atoms with Crippen LogP contribution < -0.4 is 0 Å². The van der Waals surface area contributed by atoms with Gasteiger partial charge in [0.2, 0.25) is 0 Å². The Morgan fingerprint density at radius 2 is 2.18 bits per heavy atom. The van der Waals surface area contributed by atoms with Crippen molar-refractivity contribution < 1.29 is 9.90 Å². The topological polar surface area (TPSA) is 40.5 Å². The highest BCUT2D eigenvalue weighted by molar-refractivity contribution is 7.14. The van der Waals surface area contributed by atoms with Gasteiger partial charge in [0.1, 0.15) is 0 Å². The Labute approximate surface area is 106 Å². The predicted octanol–water partition coefficient (Wildman–Crippen LogP) is 2.30. The van der Waals surface area contributed by atoms with Gasteiger partial charge in [-0.2, -0.15) is 0 Å². The second kappa shape index (κ2) is 4.78. The second-order valence-electron chi connectivity index (χ2n) is 4.76. The predicted molar refractivity (Wildman–Crippen MR) is 69.5 cm³/mol. The lowest BCUT2D eigenvalue weighted by Crippen LogP contribution is -2.63. The van der Waals surface area contributed by atoms with Gasteiger partial charge in [-0.1, -0.05) is 20.3 Å². The van der Waals surface area contributed by atoms with Crippen LogP contribution >= 0.6 is 11.3 Å². The molecule has 94 valence electrons. The zero-order chi connectivity index (χ0) is 12.5. The fourth-order valence-corrected chi connectivity index (χ4v) is 3.19. The van der Waals surface area contributed by atoms with Gasteiger partial charge in [-0.15, -0.1) is 11.3 Å². The number of likely N-dealkylation sites (tertiary alicyclic amines) is 1. The molecule has 0 radical (unpaired) electrons. The number of carbonyl (C=O) groups is 1. The average Bonchev–Trinajstić information content (AvgIpc) is 2.73. The van der Waals surface area contributed by atoms with E-state index in [1.165, 1.54) is 4.88 Å². The van der Waals surface area contributed by atoms with Gasteiger partial charge in [-0.3, -0.25) is 4.79 Å². The van der Waals surface area contributed by atoms with Crippen molar-refractivity contribution in [3.63, 3.8) is 0 Å². The third-order valence-electron chi connectivity index (χ3n) is 3.19. The molecule has 0 spiro atoms. The average molecular weight is 253 g/mol. The summed E-state index contributed by atoms with van der Waals surface area (Å²) in [6, 6.07) is 3.90. The van der Waals surface area contributed by atoms with E-state index in [2.05, 4.69) is 13.8 Å². The van der Waals surface area contributed by atoms with Crippen molar-refractivity contribution in [1.82, 2.24) is 4.90 Å². The molecule has 3 nitrogen and oxygen atoms in total. The fraction of sp³-hybridized carbons (Fsp3) is 0.615. The summed E-state index contributed by atoms with van der Waals surface area (Å²) in [7, 11) is 0. The van der Waals surface area contributed by atoms with E-state index in [0.717, 1.165) is 24.1 Å². The van der Waals surface area contributed by atoms with Gasteiger partial charge < -0.3 is 10.0 Å². The molecule has 0 aromatic carbocycles. The minimum Gasteiger partial charge on any atom is -0.386 e. The second-order valence-corrected chi connectivity index (χ2v) is 5.92. The largest absolute Gasteiger partial charge is 0.386 e. The van der Waals surface area contributed by atoms with Crippen LogP contribution in [-0.2, 0) is 6.42 Å². The Kier molecular flexibility index (Phi) is 3.54. The van der Waals surface area contributed by atoms with Crippen LogP contribution in [0.15, 0.2) is 12.1 Å². The van der Waals surface area contributed by atoms with Crippen LogP contribution in [0.25, 0.3) is 0 Å². The molecular weight excluding hydrogens is 234 g/mol. The SMILES string of the molecule is CCCC1(O)CN(C(=O)c2ccc(CC)s2)C1. The molecule has 1 aliphatic heterocycles. The lowest BCUT2D eigenvalue weighted by molar-refractivity contribution is -0.0858. The van der Waals surface area contributed by atoms with Gasteiger partial charge in [-0.25, -0.2) is 0 Å². The van der Waals surface area contributed by atoms with Gasteiger partial charge in [0, 0.05) is 4.88 Å². The number of carbonyl (C=O) groups excluding carboxylic acids is 1. The first-order valence-corrected chi connectivity index (χ1v) is 7.00. The molecule has 0 atom stereocenters. The Balaban J connectivity index is 1.95. The first-order valence-electron chi connectivity index (χ1n) is 6.18. The smallest absolute Gasteiger partial charge is 0.264 e. The van der Waals surface area contributed by atoms with Gasteiger partial charge in [-0.05, 0) is 25.0 Å². The molecule has 1 fully saturated rings. The molecule has 1 aromatic rings. The van der Waals surface area contributed by atoms with Crippen molar-refractivity contribution in [2.75, 3.05) is 13.1 Å². The lowest BCUT2D eigenvalue weighted by atomic mass is 9.89. The molecule has 0 unspecified atom stereocenters. The minimum atomic E-state index is -0.630. The van der Waals surface area contributed by atoms with Gasteiger partial charge in [0.05, 0.1) is 23.6 Å². The highest BCUT2D eigenvalue weighted by Crippen LogP contribution is 2.29. The van der Waals surface area contributed by atoms with E-state index < -0.39 is 5.60 Å². The summed E-state index contributed by atoms with van der Waals surface area (Å²) >= 11 is 1.56. The van der Waals surface area contributed by atoms with Crippen LogP contribution in [-0.4, -0.2) is 34.6 Å². The summed E-state index contributed by atoms with van der Waals surface area (Å²) in [5.41, 5.74) is -0.630. The molecule has 0 aliphatic carbocycles. The quantitative estimate of drug-likeness (QED) is 0.894. The van der Waals surface area contributed by atoms with E-state index in [-0.39, 0.29) is 5.91 Å². The molecule has 2 rings (SSSR count). The molecule has 1 aliphatic rings. The van der Waals surface area contributed by atoms with Crippen molar-refractivity contribution in [2.45, 2.75) is 38.7 Å². The van der Waals surface area contributed by atoms with E-state index in [1.807, 2.05) is 12.1 Å². The van der Waals surface area contributed by atoms with Crippen LogP contribution in [0.1, 0.15) is 41.2 Å². The van der Waals surface area contributed by atoms with E-state index >= 15 is 0 Å². The molecule has 1 N–H and O–H groups in total. The molecule has 17 heavy (non-hydrogen) atoms. The van der Waals surface area contributed by atoms with E-state index in [4.69, 9.17) is 0 Å². The number of hydrogen-bond donors (Lipinski definition) is 1. The number of hydrogen-bond acceptors (Lipinski definition) is 3. The zero-order valence-corrected chi connectivity index (χ0v) is 11.2. The standard InChI is InChI=1S/C13H19NO2S/c1-3-7-13(16)8-14(9-13)12(15)11-6-5-10(4-2)17-11/h5-6,16H,3-4,7-9H2,1-2H3. The molecule has 0 bridgehead atoms. The van der Waals surface area contributed by atoms with Crippen molar-refractivity contribution in [1.29, 1.82) is 0 Å². The van der Waals surface area contributed by atoms with Crippen molar-refractivity contribution in [3.8, 4) is 0 Å². The number of aliphatic hydroxyl groups is 1. The molecule has 1 saturated heterocycles. The Bertz CT molecular complexity index is 407. The Hall–Kier alpha value is -0.870. The number of aryl methyl sites for hydroxylation is 1. The van der Waals surface area contributed by atoms with E-state index in [9.17, 15) is 9.90 Å². The summed E-state index contributed by atoms with van der Waals surface area (Å²) in [5, 5.41) is 10.0. The molecule has 1 amide bonds. The van der Waals surface area contributed by atoms with Gasteiger partial charge in [0.15, 0.2) is 0 Å². The minimum absolute atomic E-state index is 0.0653. The monoisotopic (exact) mass is 253 g/mol. The molecule has 2 heterocycles. The fourth-order valence-electron chi connectivity index (χ4n) is 2.27. The molecule has 0 saturated carbocycles. The van der Waals surface area contributed by atoms with Crippen LogP contribution in [0, 0.1) is 0 Å². The summed E-state index contributed by atoms with van der Waals surface area (Å²) in [6.07, 6.45) is 2.71. The summed E-state index contributed by atoms with van der Waals surface area (Å²) < 4.78 is 0. The van der Waals surface area contributed by atoms with Crippen LogP contribution in [0.4, 0.5) is 0 Å². The Morgan fingerprint density at radius 3 is 2.71 bits per heavy atom. The highest BCUT2D eigenvalue weighted by atomic mass is 32.1. The highest BCUT2D eigenvalue weighted by Gasteiger charge is 2.43.